The van der Waals surface area contributed by atoms with Gasteiger partial charge in [-0.05, 0) is 50.3 Å². The van der Waals surface area contributed by atoms with Crippen LogP contribution in [0.25, 0.3) is 15.6 Å². The highest BCUT2D eigenvalue weighted by Gasteiger charge is 2.35. The Bertz CT molecular complexity index is 1160. The summed E-state index contributed by atoms with van der Waals surface area (Å²) < 4.78 is 0.968. The molecule has 0 aliphatic carbocycles. The molecule has 4 rings (SSSR count). The minimum absolute atomic E-state index is 0.307. The molecule has 0 bridgehead atoms. The first-order chi connectivity index (χ1) is 14.9. The van der Waals surface area contributed by atoms with Crippen molar-refractivity contribution in [1.82, 2.24) is 14.8 Å². The summed E-state index contributed by atoms with van der Waals surface area (Å²) in [6.45, 7) is 6.19. The summed E-state index contributed by atoms with van der Waals surface area (Å²) in [4.78, 5) is 35.1. The molecule has 0 unspecified atom stereocenters. The maximum absolute atomic E-state index is 12.2. The molecule has 1 fully saturated rings. The number of nitrogens with zero attached hydrogens (tertiary/aromatic N) is 6. The van der Waals surface area contributed by atoms with Gasteiger partial charge in [0.15, 0.2) is 0 Å². The van der Waals surface area contributed by atoms with Crippen LogP contribution >= 0.6 is 22.7 Å². The highest BCUT2D eigenvalue weighted by atomic mass is 32.1. The number of fused-ring (bicyclic) bond motifs is 1. The molecule has 8 nitrogen and oxygen atoms in total. The highest BCUT2D eigenvalue weighted by Crippen LogP contribution is 2.36. The average Bonchev–Trinajstić information content (AvgIpc) is 3.38. The third kappa shape index (κ3) is 4.08. The lowest BCUT2D eigenvalue weighted by Crippen LogP contribution is -2.27. The minimum atomic E-state index is -0.333. The maximum Gasteiger partial charge on any atom is 0.331 e. The zero-order valence-electron chi connectivity index (χ0n) is 17.7. The molecule has 3 amide bonds. The molecule has 0 saturated carbocycles. The third-order valence-corrected chi connectivity index (χ3v) is 7.06. The summed E-state index contributed by atoms with van der Waals surface area (Å²) in [5, 5.41) is 9.15. The summed E-state index contributed by atoms with van der Waals surface area (Å²) in [7, 11) is 3.07. The number of hydrogen-bond acceptors (Lipinski definition) is 8. The van der Waals surface area contributed by atoms with Crippen LogP contribution in [0.15, 0.2) is 46.3 Å². The predicted octanol–water partition coefficient (Wildman–Crippen LogP) is 5.48. The lowest BCUT2D eigenvalue weighted by molar-refractivity contribution is -0.122. The Morgan fingerprint density at radius 3 is 2.32 bits per heavy atom. The van der Waals surface area contributed by atoms with E-state index in [0.717, 1.165) is 38.1 Å². The third-order valence-electron chi connectivity index (χ3n) is 5.06. The number of urea groups is 1. The van der Waals surface area contributed by atoms with Crippen LogP contribution in [0.1, 0.15) is 18.7 Å². The average molecular weight is 455 g/mol. The van der Waals surface area contributed by atoms with Gasteiger partial charge < -0.3 is 4.90 Å². The Labute approximate surface area is 188 Å². The Morgan fingerprint density at radius 2 is 1.74 bits per heavy atom. The smallest absolute Gasteiger partial charge is 0.331 e. The van der Waals surface area contributed by atoms with E-state index < -0.39 is 0 Å². The van der Waals surface area contributed by atoms with E-state index in [9.17, 15) is 9.59 Å². The van der Waals surface area contributed by atoms with Gasteiger partial charge in [0.25, 0.3) is 5.91 Å². The zero-order chi connectivity index (χ0) is 22.1. The van der Waals surface area contributed by atoms with Crippen molar-refractivity contribution >= 4 is 66.7 Å². The zero-order valence-corrected chi connectivity index (χ0v) is 19.3. The number of hydrogen-bond donors (Lipinski definition) is 0. The number of aromatic nitrogens is 1. The van der Waals surface area contributed by atoms with Crippen LogP contribution in [0.5, 0.6) is 0 Å². The van der Waals surface area contributed by atoms with Gasteiger partial charge in [-0.3, -0.25) is 14.6 Å². The van der Waals surface area contributed by atoms with Crippen molar-refractivity contribution in [3.63, 3.8) is 0 Å². The first-order valence-electron chi connectivity index (χ1n) is 9.85. The predicted molar refractivity (Wildman–Crippen MR) is 126 cm³/mol. The van der Waals surface area contributed by atoms with Crippen LogP contribution in [-0.4, -0.2) is 53.9 Å². The van der Waals surface area contributed by atoms with E-state index in [0.29, 0.717) is 10.8 Å². The molecule has 3 heterocycles. The number of benzene rings is 1. The van der Waals surface area contributed by atoms with Crippen LogP contribution in [-0.2, 0) is 4.79 Å². The number of likely N-dealkylation sites (N-methyl/N-ethyl adjacent to an activating group) is 2. The topological polar surface area (TPSA) is 81.5 Å². The van der Waals surface area contributed by atoms with E-state index in [1.165, 1.54) is 40.3 Å². The van der Waals surface area contributed by atoms with E-state index in [1.54, 1.807) is 13.1 Å². The minimum Gasteiger partial charge on any atom is -0.372 e. The fraction of sp³-hybridized carbons (Fsp3) is 0.286. The number of amides is 3. The van der Waals surface area contributed by atoms with Crippen LogP contribution in [0.3, 0.4) is 0 Å². The van der Waals surface area contributed by atoms with E-state index in [4.69, 9.17) is 0 Å². The second kappa shape index (κ2) is 8.56. The van der Waals surface area contributed by atoms with E-state index in [-0.39, 0.29) is 11.9 Å². The van der Waals surface area contributed by atoms with Gasteiger partial charge in [0.2, 0.25) is 5.13 Å². The van der Waals surface area contributed by atoms with Crippen LogP contribution in [0.4, 0.5) is 21.3 Å². The Morgan fingerprint density at radius 1 is 1.03 bits per heavy atom. The Hall–Kier alpha value is -3.11. The van der Waals surface area contributed by atoms with Gasteiger partial charge in [0.1, 0.15) is 10.5 Å². The Balaban J connectivity index is 1.50. The van der Waals surface area contributed by atoms with Gasteiger partial charge in [-0.1, -0.05) is 11.3 Å². The fourth-order valence-corrected chi connectivity index (χ4v) is 5.28. The van der Waals surface area contributed by atoms with Crippen LogP contribution in [0, 0.1) is 0 Å². The number of carbonyl (C=O) groups excluding carboxylic acids is 2. The largest absolute Gasteiger partial charge is 0.372 e. The van der Waals surface area contributed by atoms with Gasteiger partial charge >= 0.3 is 6.03 Å². The van der Waals surface area contributed by atoms with Gasteiger partial charge in [0.05, 0.1) is 10.4 Å². The van der Waals surface area contributed by atoms with Crippen molar-refractivity contribution < 1.29 is 9.59 Å². The highest BCUT2D eigenvalue weighted by molar-refractivity contribution is 7.29. The summed E-state index contributed by atoms with van der Waals surface area (Å²) in [6, 6.07) is 9.61. The Kier molecular flexibility index (Phi) is 5.84. The molecule has 1 aliphatic heterocycles. The lowest BCUT2D eigenvalue weighted by atomic mass is 10.2. The number of carbonyl (C=O) groups is 2. The number of imide groups is 1. The molecule has 1 aromatic carbocycles. The molecule has 31 heavy (non-hydrogen) atoms. The van der Waals surface area contributed by atoms with E-state index in [1.807, 2.05) is 30.3 Å². The normalized spacial score (nSPS) is 15.9. The second-order valence-electron chi connectivity index (χ2n) is 6.94. The van der Waals surface area contributed by atoms with Crippen molar-refractivity contribution in [2.75, 3.05) is 32.1 Å². The molecule has 1 aliphatic rings. The van der Waals surface area contributed by atoms with Gasteiger partial charge in [0, 0.05) is 37.7 Å². The van der Waals surface area contributed by atoms with Gasteiger partial charge in [-0.25, -0.2) is 9.78 Å². The standard InChI is InChI=1S/C21H22N6O2S2/c1-5-27(6-2)14-9-7-13(8-10-14)23-24-20-22-18-17(31-20)12-15(30-18)11-16-19(28)26(4)21(29)25(16)3/h7-12H,5-6H2,1-4H3/b16-11-,24-23+. The number of anilines is 1. The number of azo groups is 1. The first-order valence-corrected chi connectivity index (χ1v) is 11.5. The van der Waals surface area contributed by atoms with Gasteiger partial charge in [-0.2, -0.15) is 0 Å². The number of rotatable bonds is 6. The SMILES string of the molecule is CCN(CC)c1ccc(/N=N/c2nc3sc(/C=C4/C(=O)N(C)C(=O)N4C)cc3s2)cc1. The molecular weight excluding hydrogens is 432 g/mol. The van der Waals surface area contributed by atoms with E-state index in [2.05, 4.69) is 34.0 Å². The number of thiazole rings is 1. The summed E-state index contributed by atoms with van der Waals surface area (Å²) >= 11 is 2.89. The molecule has 0 atom stereocenters. The molecule has 0 radical (unpaired) electrons. The molecule has 160 valence electrons. The van der Waals surface area contributed by atoms with Crippen molar-refractivity contribution in [2.45, 2.75) is 13.8 Å². The van der Waals surface area contributed by atoms with Crippen molar-refractivity contribution in [1.29, 1.82) is 0 Å². The monoisotopic (exact) mass is 454 g/mol. The fourth-order valence-electron chi connectivity index (χ4n) is 3.30. The molecular formula is C21H22N6O2S2. The van der Waals surface area contributed by atoms with Crippen molar-refractivity contribution in [3.05, 3.63) is 40.9 Å². The van der Waals surface area contributed by atoms with Crippen LogP contribution in [0.2, 0.25) is 0 Å². The first kappa shape index (κ1) is 21.1. The van der Waals surface area contributed by atoms with Gasteiger partial charge in [-0.15, -0.1) is 21.6 Å². The summed E-state index contributed by atoms with van der Waals surface area (Å²) in [6.07, 6.45) is 1.72. The molecule has 2 aromatic heterocycles. The molecule has 3 aromatic rings. The molecule has 0 N–H and O–H groups in total. The summed E-state index contributed by atoms with van der Waals surface area (Å²) in [5.41, 5.74) is 2.30. The maximum atomic E-state index is 12.2. The van der Waals surface area contributed by atoms with Crippen LogP contribution < -0.4 is 4.90 Å². The van der Waals surface area contributed by atoms with Crippen molar-refractivity contribution in [2.24, 2.45) is 10.2 Å². The van der Waals surface area contributed by atoms with Crippen molar-refractivity contribution in [3.8, 4) is 0 Å². The number of thiophene rings is 1. The molecule has 0 spiro atoms. The molecule has 1 saturated heterocycles. The van der Waals surface area contributed by atoms with E-state index >= 15 is 0 Å². The lowest BCUT2D eigenvalue weighted by Gasteiger charge is -2.20. The quantitative estimate of drug-likeness (QED) is 0.280. The molecule has 10 heteroatoms. The second-order valence-corrected chi connectivity index (χ2v) is 9.01. The summed E-state index contributed by atoms with van der Waals surface area (Å²) in [5.74, 6) is -0.307.